The number of fused-ring (bicyclic) bond motifs is 1. The van der Waals surface area contributed by atoms with E-state index in [0.717, 1.165) is 15.8 Å². The van der Waals surface area contributed by atoms with Gasteiger partial charge in [0.1, 0.15) is 5.76 Å². The summed E-state index contributed by atoms with van der Waals surface area (Å²) in [5, 5.41) is 9.61. The van der Waals surface area contributed by atoms with Crippen molar-refractivity contribution in [2.45, 2.75) is 13.8 Å². The Labute approximate surface area is 152 Å². The Morgan fingerprint density at radius 3 is 2.64 bits per heavy atom. The van der Waals surface area contributed by atoms with Crippen LogP contribution in [0, 0.1) is 13.8 Å². The number of hydrogen-bond donors (Lipinski definition) is 2. The molecule has 0 saturated carbocycles. The van der Waals surface area contributed by atoms with E-state index in [9.17, 15) is 9.59 Å². The molecule has 3 rings (SSSR count). The summed E-state index contributed by atoms with van der Waals surface area (Å²) >= 11 is 2.65. The van der Waals surface area contributed by atoms with Gasteiger partial charge in [-0.3, -0.25) is 9.59 Å². The number of thioether (sulfide) groups is 1. The summed E-state index contributed by atoms with van der Waals surface area (Å²) in [6.45, 7) is 3.75. The highest BCUT2D eigenvalue weighted by molar-refractivity contribution is 8.00. The van der Waals surface area contributed by atoms with Gasteiger partial charge < -0.3 is 15.2 Å². The Balaban J connectivity index is 1.45. The van der Waals surface area contributed by atoms with Gasteiger partial charge in [0.15, 0.2) is 10.9 Å². The van der Waals surface area contributed by atoms with E-state index in [2.05, 4.69) is 20.8 Å². The lowest BCUT2D eigenvalue weighted by Gasteiger charge is -2.02. The highest BCUT2D eigenvalue weighted by Crippen LogP contribution is 2.26. The molecule has 3 aromatic rings. The molecule has 0 aliphatic rings. The maximum atomic E-state index is 12.0. The summed E-state index contributed by atoms with van der Waals surface area (Å²) in [6, 6.07) is 7.58. The Morgan fingerprint density at radius 2 is 1.92 bits per heavy atom. The quantitative estimate of drug-likeness (QED) is 0.686. The molecule has 9 heteroatoms. The standard InChI is InChI=1S/C16H16N4O3S2/c1-9-3-4-11-12(5-9)25-16(17-11)19-15(22)8-24-7-14(21)18-13-6-10(2)23-20-13/h3-6H,7-8H2,1-2H3,(H,17,19,22)(H,18,20,21). The van der Waals surface area contributed by atoms with Gasteiger partial charge in [0.2, 0.25) is 11.8 Å². The molecule has 0 spiro atoms. The van der Waals surface area contributed by atoms with Gasteiger partial charge in [-0.2, -0.15) is 0 Å². The van der Waals surface area contributed by atoms with Crippen molar-refractivity contribution >= 4 is 56.1 Å². The molecule has 7 nitrogen and oxygen atoms in total. The maximum absolute atomic E-state index is 12.0. The van der Waals surface area contributed by atoms with Crippen LogP contribution < -0.4 is 10.6 Å². The lowest BCUT2D eigenvalue weighted by atomic mass is 10.2. The van der Waals surface area contributed by atoms with Crippen molar-refractivity contribution in [3.63, 3.8) is 0 Å². The Hall–Kier alpha value is -2.39. The van der Waals surface area contributed by atoms with Gasteiger partial charge in [-0.1, -0.05) is 22.6 Å². The van der Waals surface area contributed by atoms with E-state index in [1.807, 2.05) is 25.1 Å². The third-order valence-electron chi connectivity index (χ3n) is 3.15. The van der Waals surface area contributed by atoms with Crippen molar-refractivity contribution in [3.8, 4) is 0 Å². The van der Waals surface area contributed by atoms with Crippen LogP contribution >= 0.6 is 23.1 Å². The fraction of sp³-hybridized carbons (Fsp3) is 0.250. The van der Waals surface area contributed by atoms with Crippen LogP contribution in [0.1, 0.15) is 11.3 Å². The molecule has 0 atom stereocenters. The van der Waals surface area contributed by atoms with Gasteiger partial charge in [0, 0.05) is 6.07 Å². The van der Waals surface area contributed by atoms with Crippen LogP contribution in [-0.2, 0) is 9.59 Å². The van der Waals surface area contributed by atoms with Crippen LogP contribution in [0.3, 0.4) is 0 Å². The predicted octanol–water partition coefficient (Wildman–Crippen LogP) is 3.21. The minimum Gasteiger partial charge on any atom is -0.360 e. The summed E-state index contributed by atoms with van der Waals surface area (Å²) in [6.07, 6.45) is 0. The van der Waals surface area contributed by atoms with Crippen LogP contribution in [0.5, 0.6) is 0 Å². The van der Waals surface area contributed by atoms with E-state index in [4.69, 9.17) is 4.52 Å². The molecule has 0 saturated heterocycles. The van der Waals surface area contributed by atoms with Gasteiger partial charge in [0.05, 0.1) is 21.7 Å². The average Bonchev–Trinajstić information content (AvgIpc) is 3.12. The van der Waals surface area contributed by atoms with Gasteiger partial charge in [0.25, 0.3) is 0 Å². The van der Waals surface area contributed by atoms with Gasteiger partial charge in [-0.25, -0.2) is 4.98 Å². The fourth-order valence-corrected chi connectivity index (χ4v) is 3.68. The second-order valence-corrected chi connectivity index (χ2v) is 7.42. The summed E-state index contributed by atoms with van der Waals surface area (Å²) < 4.78 is 5.90. The number of amides is 2. The van der Waals surface area contributed by atoms with E-state index in [1.54, 1.807) is 13.0 Å². The molecule has 0 aliphatic carbocycles. The lowest BCUT2D eigenvalue weighted by molar-refractivity contribution is -0.114. The molecule has 0 radical (unpaired) electrons. The first kappa shape index (κ1) is 17.4. The van der Waals surface area contributed by atoms with Crippen molar-refractivity contribution in [2.75, 3.05) is 22.1 Å². The van der Waals surface area contributed by atoms with Gasteiger partial charge in [-0.05, 0) is 31.5 Å². The second-order valence-electron chi connectivity index (χ2n) is 5.40. The van der Waals surface area contributed by atoms with E-state index in [-0.39, 0.29) is 23.3 Å². The first-order chi connectivity index (χ1) is 12.0. The van der Waals surface area contributed by atoms with Gasteiger partial charge in [-0.15, -0.1) is 11.8 Å². The average molecular weight is 376 g/mol. The predicted molar refractivity (Wildman–Crippen MR) is 100 cm³/mol. The number of benzene rings is 1. The van der Waals surface area contributed by atoms with Crippen molar-refractivity contribution in [1.29, 1.82) is 0 Å². The summed E-state index contributed by atoms with van der Waals surface area (Å²) in [4.78, 5) is 28.1. The number of carbonyl (C=O) groups is 2. The number of rotatable bonds is 6. The number of aryl methyl sites for hydroxylation is 2. The molecular formula is C16H16N4O3S2. The molecule has 130 valence electrons. The van der Waals surface area contributed by atoms with Crippen molar-refractivity contribution < 1.29 is 14.1 Å². The fourth-order valence-electron chi connectivity index (χ4n) is 2.08. The molecule has 1 aromatic carbocycles. The number of thiazole rings is 1. The molecule has 2 N–H and O–H groups in total. The summed E-state index contributed by atoms with van der Waals surface area (Å²) in [7, 11) is 0. The van der Waals surface area contributed by atoms with Crippen molar-refractivity contribution in [2.24, 2.45) is 0 Å². The summed E-state index contributed by atoms with van der Waals surface area (Å²) in [5.41, 5.74) is 2.01. The molecule has 2 aromatic heterocycles. The molecule has 2 amide bonds. The van der Waals surface area contributed by atoms with Crippen molar-refractivity contribution in [3.05, 3.63) is 35.6 Å². The Bertz CT molecular complexity index is 919. The zero-order valence-corrected chi connectivity index (χ0v) is 15.3. The van der Waals surface area contributed by atoms with E-state index >= 15 is 0 Å². The molecule has 0 bridgehead atoms. The third-order valence-corrected chi connectivity index (χ3v) is 5.02. The van der Waals surface area contributed by atoms with Crippen LogP contribution in [0.15, 0.2) is 28.8 Å². The SMILES string of the molecule is Cc1ccc2nc(NC(=O)CSCC(=O)Nc3cc(C)on3)sc2c1. The molecule has 25 heavy (non-hydrogen) atoms. The van der Waals surface area contributed by atoms with Crippen LogP contribution in [0.2, 0.25) is 0 Å². The largest absolute Gasteiger partial charge is 0.360 e. The number of hydrogen-bond acceptors (Lipinski definition) is 7. The van der Waals surface area contributed by atoms with E-state index in [1.165, 1.54) is 23.1 Å². The lowest BCUT2D eigenvalue weighted by Crippen LogP contribution is -2.18. The minimum absolute atomic E-state index is 0.151. The number of nitrogens with one attached hydrogen (secondary N) is 2. The van der Waals surface area contributed by atoms with E-state index < -0.39 is 0 Å². The molecule has 0 fully saturated rings. The topological polar surface area (TPSA) is 97.1 Å². The van der Waals surface area contributed by atoms with Gasteiger partial charge >= 0.3 is 0 Å². The van der Waals surface area contributed by atoms with Crippen molar-refractivity contribution in [1.82, 2.24) is 10.1 Å². The third kappa shape index (κ3) is 4.80. The number of aromatic nitrogens is 2. The first-order valence-corrected chi connectivity index (χ1v) is 9.45. The smallest absolute Gasteiger partial charge is 0.236 e. The number of carbonyl (C=O) groups excluding carboxylic acids is 2. The Morgan fingerprint density at radius 1 is 1.16 bits per heavy atom. The highest BCUT2D eigenvalue weighted by Gasteiger charge is 2.10. The van der Waals surface area contributed by atoms with Crippen LogP contribution in [-0.4, -0.2) is 33.5 Å². The highest BCUT2D eigenvalue weighted by atomic mass is 32.2. The van der Waals surface area contributed by atoms with Crippen LogP contribution in [0.25, 0.3) is 10.2 Å². The summed E-state index contributed by atoms with van der Waals surface area (Å²) in [5.74, 6) is 0.886. The molecule has 2 heterocycles. The monoisotopic (exact) mass is 376 g/mol. The number of nitrogens with zero attached hydrogens (tertiary/aromatic N) is 2. The minimum atomic E-state index is -0.235. The molecular weight excluding hydrogens is 360 g/mol. The maximum Gasteiger partial charge on any atom is 0.236 e. The molecule has 0 unspecified atom stereocenters. The molecule has 0 aliphatic heterocycles. The van der Waals surface area contributed by atoms with E-state index in [0.29, 0.717) is 16.7 Å². The zero-order chi connectivity index (χ0) is 17.8. The normalized spacial score (nSPS) is 10.8. The first-order valence-electron chi connectivity index (χ1n) is 7.47. The van der Waals surface area contributed by atoms with Crippen LogP contribution in [0.4, 0.5) is 10.9 Å². The Kier molecular flexibility index (Phi) is 5.34. The number of anilines is 2. The zero-order valence-electron chi connectivity index (χ0n) is 13.7. The second kappa shape index (κ2) is 7.66.